The molecule has 0 unspecified atom stereocenters. The Bertz CT molecular complexity index is 964. The predicted octanol–water partition coefficient (Wildman–Crippen LogP) is 3.57. The van der Waals surface area contributed by atoms with Crippen molar-refractivity contribution in [3.8, 4) is 0 Å². The quantitative estimate of drug-likeness (QED) is 0.542. The standard InChI is InChI=1S/C15H12Cl2N2O6S/c16-10-5-6-11(17)13(9-10)18(8-7-15(20)21)26(24,25)14-4-2-1-3-12(14)19(22)23/h1-6,9H,7-8H2,(H,20,21). The Morgan fingerprint density at radius 2 is 1.85 bits per heavy atom. The zero-order chi connectivity index (χ0) is 19.5. The highest BCUT2D eigenvalue weighted by Gasteiger charge is 2.33. The molecular formula is C15H12Cl2N2O6S. The van der Waals surface area contributed by atoms with Gasteiger partial charge in [-0.15, -0.1) is 0 Å². The summed E-state index contributed by atoms with van der Waals surface area (Å²) in [7, 11) is -4.48. The molecule has 0 amide bonds. The van der Waals surface area contributed by atoms with Gasteiger partial charge in [0.2, 0.25) is 0 Å². The molecule has 0 aromatic heterocycles. The van der Waals surface area contributed by atoms with Crippen molar-refractivity contribution in [3.05, 3.63) is 62.6 Å². The Labute approximate surface area is 158 Å². The number of halogens is 2. The van der Waals surface area contributed by atoms with E-state index in [1.807, 2.05) is 0 Å². The second-order valence-corrected chi connectivity index (χ2v) is 7.72. The maximum absolute atomic E-state index is 13.1. The fraction of sp³-hybridized carbons (Fsp3) is 0.133. The number of para-hydroxylation sites is 1. The lowest BCUT2D eigenvalue weighted by Gasteiger charge is -2.25. The van der Waals surface area contributed by atoms with Gasteiger partial charge in [0.25, 0.3) is 15.7 Å². The minimum Gasteiger partial charge on any atom is -0.481 e. The number of nitro groups is 1. The lowest BCUT2D eigenvalue weighted by atomic mass is 10.3. The summed E-state index contributed by atoms with van der Waals surface area (Å²) in [6.07, 6.45) is -0.539. The summed E-state index contributed by atoms with van der Waals surface area (Å²) in [5.41, 5.74) is -0.704. The fourth-order valence-corrected chi connectivity index (χ4v) is 4.26. The summed E-state index contributed by atoms with van der Waals surface area (Å²) < 4.78 is 26.8. The number of carboxylic acid groups (broad SMARTS) is 1. The molecule has 0 heterocycles. The molecule has 0 aliphatic rings. The minimum atomic E-state index is -4.48. The second kappa shape index (κ2) is 7.90. The van der Waals surface area contributed by atoms with Gasteiger partial charge in [-0.1, -0.05) is 35.3 Å². The van der Waals surface area contributed by atoms with Crippen LogP contribution in [0.2, 0.25) is 10.0 Å². The predicted molar refractivity (Wildman–Crippen MR) is 96.3 cm³/mol. The Morgan fingerprint density at radius 1 is 1.19 bits per heavy atom. The average Bonchev–Trinajstić information content (AvgIpc) is 2.57. The van der Waals surface area contributed by atoms with Crippen molar-refractivity contribution >= 4 is 50.6 Å². The third-order valence-corrected chi connectivity index (χ3v) is 5.75. The number of carbonyl (C=O) groups is 1. The number of hydrogen-bond acceptors (Lipinski definition) is 5. The molecule has 1 N–H and O–H groups in total. The summed E-state index contributed by atoms with van der Waals surface area (Å²) >= 11 is 12.0. The molecule has 2 rings (SSSR count). The number of anilines is 1. The van der Waals surface area contributed by atoms with E-state index in [0.717, 1.165) is 12.1 Å². The van der Waals surface area contributed by atoms with Crippen LogP contribution in [0.15, 0.2) is 47.4 Å². The SMILES string of the molecule is O=C(O)CCN(c1cc(Cl)ccc1Cl)S(=O)(=O)c1ccccc1[N+](=O)[O-]. The van der Waals surface area contributed by atoms with Gasteiger partial charge in [0.05, 0.1) is 22.1 Å². The number of benzene rings is 2. The molecule has 0 radical (unpaired) electrons. The van der Waals surface area contributed by atoms with E-state index >= 15 is 0 Å². The third kappa shape index (κ3) is 4.24. The summed E-state index contributed by atoms with van der Waals surface area (Å²) in [5.74, 6) is -1.24. The molecule has 0 aliphatic carbocycles. The number of sulfonamides is 1. The average molecular weight is 419 g/mol. The monoisotopic (exact) mass is 418 g/mol. The number of carboxylic acids is 1. The zero-order valence-corrected chi connectivity index (χ0v) is 15.3. The minimum absolute atomic E-state index is 0.00180. The van der Waals surface area contributed by atoms with E-state index in [4.69, 9.17) is 28.3 Å². The molecule has 0 atom stereocenters. The van der Waals surface area contributed by atoms with E-state index in [1.165, 1.54) is 30.3 Å². The first-order valence-electron chi connectivity index (χ1n) is 7.07. The molecule has 8 nitrogen and oxygen atoms in total. The van der Waals surface area contributed by atoms with Crippen LogP contribution in [0.5, 0.6) is 0 Å². The molecule has 0 bridgehead atoms. The van der Waals surface area contributed by atoms with Gasteiger partial charge in [-0.25, -0.2) is 8.42 Å². The van der Waals surface area contributed by atoms with E-state index in [9.17, 15) is 23.3 Å². The van der Waals surface area contributed by atoms with Gasteiger partial charge < -0.3 is 5.11 Å². The maximum Gasteiger partial charge on any atom is 0.305 e. The van der Waals surface area contributed by atoms with Gasteiger partial charge in [-0.3, -0.25) is 19.2 Å². The molecule has 26 heavy (non-hydrogen) atoms. The topological polar surface area (TPSA) is 118 Å². The van der Waals surface area contributed by atoms with Crippen molar-refractivity contribution in [2.24, 2.45) is 0 Å². The van der Waals surface area contributed by atoms with E-state index in [2.05, 4.69) is 0 Å². The molecule has 0 fully saturated rings. The van der Waals surface area contributed by atoms with Gasteiger partial charge >= 0.3 is 5.97 Å². The highest BCUT2D eigenvalue weighted by molar-refractivity contribution is 7.93. The van der Waals surface area contributed by atoms with Crippen molar-refractivity contribution in [2.45, 2.75) is 11.3 Å². The number of rotatable bonds is 7. The van der Waals surface area contributed by atoms with Crippen molar-refractivity contribution in [3.63, 3.8) is 0 Å². The van der Waals surface area contributed by atoms with E-state index in [1.54, 1.807) is 0 Å². The molecule has 0 aliphatic heterocycles. The second-order valence-electron chi connectivity index (χ2n) is 5.04. The first kappa shape index (κ1) is 20.0. The van der Waals surface area contributed by atoms with Gasteiger partial charge in [0, 0.05) is 17.6 Å². The van der Waals surface area contributed by atoms with Crippen LogP contribution in [-0.4, -0.2) is 31.0 Å². The summed E-state index contributed by atoms with van der Waals surface area (Å²) in [6.45, 7) is -0.482. The Balaban J connectivity index is 2.66. The molecule has 0 saturated carbocycles. The lowest BCUT2D eigenvalue weighted by molar-refractivity contribution is -0.387. The smallest absolute Gasteiger partial charge is 0.305 e. The van der Waals surface area contributed by atoms with Crippen LogP contribution in [-0.2, 0) is 14.8 Å². The third-order valence-electron chi connectivity index (χ3n) is 3.34. The van der Waals surface area contributed by atoms with Crippen LogP contribution in [0.4, 0.5) is 11.4 Å². The van der Waals surface area contributed by atoms with E-state index in [0.29, 0.717) is 4.31 Å². The largest absolute Gasteiger partial charge is 0.481 e. The molecular weight excluding hydrogens is 407 g/mol. The van der Waals surface area contributed by atoms with E-state index < -0.39 is 44.5 Å². The Kier molecular flexibility index (Phi) is 6.06. The molecule has 11 heteroatoms. The first-order valence-corrected chi connectivity index (χ1v) is 9.27. The number of aliphatic carboxylic acids is 1. The van der Waals surface area contributed by atoms with Crippen molar-refractivity contribution in [2.75, 3.05) is 10.8 Å². The Hall–Kier alpha value is -2.36. The van der Waals surface area contributed by atoms with Crippen LogP contribution in [0.1, 0.15) is 6.42 Å². The summed E-state index contributed by atoms with van der Waals surface area (Å²) in [6, 6.07) is 8.79. The summed E-state index contributed by atoms with van der Waals surface area (Å²) in [4.78, 5) is 20.7. The van der Waals surface area contributed by atoms with Crippen LogP contribution in [0.25, 0.3) is 0 Å². The first-order chi connectivity index (χ1) is 12.1. The molecule has 0 saturated heterocycles. The molecule has 2 aromatic rings. The number of nitrogens with zero attached hydrogens (tertiary/aromatic N) is 2. The number of hydrogen-bond donors (Lipinski definition) is 1. The maximum atomic E-state index is 13.1. The molecule has 2 aromatic carbocycles. The Morgan fingerprint density at radius 3 is 2.46 bits per heavy atom. The van der Waals surface area contributed by atoms with Gasteiger partial charge in [-0.05, 0) is 24.3 Å². The summed E-state index contributed by atoms with van der Waals surface area (Å²) in [5, 5.41) is 20.3. The molecule has 138 valence electrons. The zero-order valence-electron chi connectivity index (χ0n) is 13.0. The van der Waals surface area contributed by atoms with Crippen molar-refractivity contribution in [1.82, 2.24) is 0 Å². The molecule has 0 spiro atoms. The highest BCUT2D eigenvalue weighted by atomic mass is 35.5. The van der Waals surface area contributed by atoms with Crippen LogP contribution >= 0.6 is 23.2 Å². The fourth-order valence-electron chi connectivity index (χ4n) is 2.19. The van der Waals surface area contributed by atoms with Crippen LogP contribution < -0.4 is 4.31 Å². The van der Waals surface area contributed by atoms with Gasteiger partial charge in [-0.2, -0.15) is 0 Å². The highest BCUT2D eigenvalue weighted by Crippen LogP contribution is 2.35. The van der Waals surface area contributed by atoms with Crippen molar-refractivity contribution in [1.29, 1.82) is 0 Å². The van der Waals surface area contributed by atoms with Crippen molar-refractivity contribution < 1.29 is 23.2 Å². The van der Waals surface area contributed by atoms with Gasteiger partial charge in [0.1, 0.15) is 0 Å². The van der Waals surface area contributed by atoms with Crippen LogP contribution in [0, 0.1) is 10.1 Å². The number of nitro benzene ring substituents is 1. The normalized spacial score (nSPS) is 11.2. The van der Waals surface area contributed by atoms with E-state index in [-0.39, 0.29) is 15.7 Å². The lowest BCUT2D eigenvalue weighted by Crippen LogP contribution is -2.33. The van der Waals surface area contributed by atoms with Gasteiger partial charge in [0.15, 0.2) is 4.90 Å². The van der Waals surface area contributed by atoms with Crippen LogP contribution in [0.3, 0.4) is 0 Å².